The third kappa shape index (κ3) is 4.83. The molecular formula is C12H21FN4O. The summed E-state index contributed by atoms with van der Waals surface area (Å²) in [6.45, 7) is 5.40. The Morgan fingerprint density at radius 1 is 1.50 bits per heavy atom. The Balaban J connectivity index is 2.62. The normalized spacial score (nSPS) is 12.2. The van der Waals surface area contributed by atoms with E-state index in [1.807, 2.05) is 13.8 Å². The first-order chi connectivity index (χ1) is 8.67. The molecule has 0 fully saturated rings. The van der Waals surface area contributed by atoms with Crippen LogP contribution in [0.1, 0.15) is 26.7 Å². The number of halogens is 1. The summed E-state index contributed by atoms with van der Waals surface area (Å²) in [6.07, 6.45) is 2.93. The first kappa shape index (κ1) is 14.6. The Bertz CT molecular complexity index is 362. The van der Waals surface area contributed by atoms with Gasteiger partial charge in [0, 0.05) is 26.3 Å². The molecule has 102 valence electrons. The van der Waals surface area contributed by atoms with Crippen LogP contribution in [0.2, 0.25) is 0 Å². The lowest BCUT2D eigenvalue weighted by atomic mass is 10.2. The Kier molecular flexibility index (Phi) is 6.35. The molecule has 0 saturated heterocycles. The van der Waals surface area contributed by atoms with Crippen molar-refractivity contribution in [2.75, 3.05) is 30.9 Å². The third-order valence-electron chi connectivity index (χ3n) is 2.42. The molecule has 0 bridgehead atoms. The predicted octanol–water partition coefficient (Wildman–Crippen LogP) is 2.27. The first-order valence-electron chi connectivity index (χ1n) is 6.19. The number of anilines is 2. The van der Waals surface area contributed by atoms with Gasteiger partial charge in [-0.15, -0.1) is 0 Å². The largest absolute Gasteiger partial charge is 0.385 e. The van der Waals surface area contributed by atoms with E-state index in [-0.39, 0.29) is 11.9 Å². The number of rotatable bonds is 8. The minimum absolute atomic E-state index is 0.0911. The average molecular weight is 256 g/mol. The van der Waals surface area contributed by atoms with E-state index in [4.69, 9.17) is 4.74 Å². The maximum atomic E-state index is 13.5. The Hall–Kier alpha value is -1.43. The molecule has 2 N–H and O–H groups in total. The van der Waals surface area contributed by atoms with E-state index in [0.717, 1.165) is 19.4 Å². The summed E-state index contributed by atoms with van der Waals surface area (Å²) in [4.78, 5) is 7.99. The van der Waals surface area contributed by atoms with Crippen LogP contribution in [0.25, 0.3) is 0 Å². The summed E-state index contributed by atoms with van der Waals surface area (Å²) in [5.41, 5.74) is 0. The summed E-state index contributed by atoms with van der Waals surface area (Å²) in [6, 6.07) is 0.0911. The molecular weight excluding hydrogens is 235 g/mol. The van der Waals surface area contributed by atoms with Gasteiger partial charge in [0.25, 0.3) is 0 Å². The number of nitrogens with one attached hydrogen (secondary N) is 2. The van der Waals surface area contributed by atoms with Crippen molar-refractivity contribution in [1.82, 2.24) is 9.97 Å². The number of nitrogens with zero attached hydrogens (tertiary/aromatic N) is 2. The molecule has 0 saturated carbocycles. The Morgan fingerprint density at radius 3 is 2.94 bits per heavy atom. The molecule has 1 aromatic heterocycles. The van der Waals surface area contributed by atoms with Crippen molar-refractivity contribution in [3.63, 3.8) is 0 Å². The molecule has 0 aliphatic heterocycles. The van der Waals surface area contributed by atoms with Gasteiger partial charge in [-0.25, -0.2) is 9.37 Å². The Labute approximate surface area is 107 Å². The lowest BCUT2D eigenvalue weighted by Gasteiger charge is -2.15. The molecule has 0 aliphatic rings. The molecule has 6 heteroatoms. The van der Waals surface area contributed by atoms with Crippen molar-refractivity contribution in [1.29, 1.82) is 0 Å². The number of methoxy groups -OCH3 is 1. The lowest BCUT2D eigenvalue weighted by Crippen LogP contribution is -2.19. The molecule has 0 aliphatic carbocycles. The van der Waals surface area contributed by atoms with Crippen LogP contribution in [0.3, 0.4) is 0 Å². The smallest absolute Gasteiger partial charge is 0.224 e. The van der Waals surface area contributed by atoms with Gasteiger partial charge in [-0.3, -0.25) is 0 Å². The van der Waals surface area contributed by atoms with Crippen LogP contribution in [-0.4, -0.2) is 36.3 Å². The number of ether oxygens (including phenoxy) is 1. The molecule has 0 aromatic carbocycles. The van der Waals surface area contributed by atoms with Gasteiger partial charge >= 0.3 is 0 Å². The number of hydrogen-bond donors (Lipinski definition) is 2. The SMILES string of the molecule is CCCNc1ncc(F)c(NC(C)CCOC)n1. The quantitative estimate of drug-likeness (QED) is 0.747. The monoisotopic (exact) mass is 256 g/mol. The Morgan fingerprint density at radius 2 is 2.28 bits per heavy atom. The fraction of sp³-hybridized carbons (Fsp3) is 0.667. The van der Waals surface area contributed by atoms with Gasteiger partial charge in [0.2, 0.25) is 5.95 Å². The van der Waals surface area contributed by atoms with Crippen LogP contribution in [0, 0.1) is 5.82 Å². The first-order valence-corrected chi connectivity index (χ1v) is 6.19. The molecule has 1 rings (SSSR count). The van der Waals surface area contributed by atoms with E-state index in [1.165, 1.54) is 6.20 Å². The zero-order valence-corrected chi connectivity index (χ0v) is 11.2. The van der Waals surface area contributed by atoms with Gasteiger partial charge in [-0.1, -0.05) is 6.92 Å². The van der Waals surface area contributed by atoms with Crippen LogP contribution in [0.15, 0.2) is 6.20 Å². The molecule has 18 heavy (non-hydrogen) atoms. The summed E-state index contributed by atoms with van der Waals surface area (Å²) < 4.78 is 18.5. The van der Waals surface area contributed by atoms with Crippen molar-refractivity contribution in [3.8, 4) is 0 Å². The van der Waals surface area contributed by atoms with Gasteiger partial charge in [0.1, 0.15) is 0 Å². The zero-order chi connectivity index (χ0) is 13.4. The highest BCUT2D eigenvalue weighted by atomic mass is 19.1. The summed E-state index contributed by atoms with van der Waals surface area (Å²) in [7, 11) is 1.64. The van der Waals surface area contributed by atoms with Gasteiger partial charge < -0.3 is 15.4 Å². The van der Waals surface area contributed by atoms with E-state index in [2.05, 4.69) is 20.6 Å². The maximum absolute atomic E-state index is 13.5. The highest BCUT2D eigenvalue weighted by molar-refractivity contribution is 5.41. The van der Waals surface area contributed by atoms with E-state index < -0.39 is 5.82 Å². The highest BCUT2D eigenvalue weighted by Crippen LogP contribution is 2.13. The second-order valence-corrected chi connectivity index (χ2v) is 4.14. The molecule has 1 heterocycles. The molecule has 1 atom stereocenters. The topological polar surface area (TPSA) is 59.1 Å². The second kappa shape index (κ2) is 7.81. The van der Waals surface area contributed by atoms with E-state index in [9.17, 15) is 4.39 Å². The summed E-state index contributed by atoms with van der Waals surface area (Å²) in [5, 5.41) is 6.04. The van der Waals surface area contributed by atoms with Crippen molar-refractivity contribution in [2.45, 2.75) is 32.7 Å². The number of aromatic nitrogens is 2. The van der Waals surface area contributed by atoms with Crippen molar-refractivity contribution in [2.24, 2.45) is 0 Å². The second-order valence-electron chi connectivity index (χ2n) is 4.14. The van der Waals surface area contributed by atoms with Crippen LogP contribution in [0.5, 0.6) is 0 Å². The standard InChI is InChI=1S/C12H21FN4O/c1-4-6-14-12-15-8-10(13)11(17-12)16-9(2)5-7-18-3/h8-9H,4-7H2,1-3H3,(H2,14,15,16,17). The fourth-order valence-electron chi connectivity index (χ4n) is 1.39. The summed E-state index contributed by atoms with van der Waals surface area (Å²) >= 11 is 0. The molecule has 0 radical (unpaired) electrons. The fourth-order valence-corrected chi connectivity index (χ4v) is 1.39. The van der Waals surface area contributed by atoms with Crippen LogP contribution >= 0.6 is 0 Å². The van der Waals surface area contributed by atoms with Gasteiger partial charge in [-0.2, -0.15) is 4.98 Å². The highest BCUT2D eigenvalue weighted by Gasteiger charge is 2.09. The zero-order valence-electron chi connectivity index (χ0n) is 11.2. The maximum Gasteiger partial charge on any atom is 0.224 e. The lowest BCUT2D eigenvalue weighted by molar-refractivity contribution is 0.191. The molecule has 1 unspecified atom stereocenters. The molecule has 5 nitrogen and oxygen atoms in total. The van der Waals surface area contributed by atoms with Gasteiger partial charge in [0.05, 0.1) is 6.20 Å². The van der Waals surface area contributed by atoms with Crippen LogP contribution in [-0.2, 0) is 4.74 Å². The average Bonchev–Trinajstić information content (AvgIpc) is 2.37. The van der Waals surface area contributed by atoms with E-state index in [0.29, 0.717) is 12.6 Å². The van der Waals surface area contributed by atoms with Crippen LogP contribution in [0.4, 0.5) is 16.2 Å². The number of hydrogen-bond acceptors (Lipinski definition) is 5. The van der Waals surface area contributed by atoms with Crippen molar-refractivity contribution < 1.29 is 9.13 Å². The van der Waals surface area contributed by atoms with Crippen LogP contribution < -0.4 is 10.6 Å². The minimum Gasteiger partial charge on any atom is -0.385 e. The molecule has 1 aromatic rings. The van der Waals surface area contributed by atoms with Crippen molar-refractivity contribution in [3.05, 3.63) is 12.0 Å². The minimum atomic E-state index is -0.443. The third-order valence-corrected chi connectivity index (χ3v) is 2.42. The molecule has 0 amide bonds. The predicted molar refractivity (Wildman–Crippen MR) is 70.3 cm³/mol. The molecule has 0 spiro atoms. The van der Waals surface area contributed by atoms with Gasteiger partial charge in [0.15, 0.2) is 11.6 Å². The van der Waals surface area contributed by atoms with E-state index in [1.54, 1.807) is 7.11 Å². The van der Waals surface area contributed by atoms with Crippen molar-refractivity contribution >= 4 is 11.8 Å². The summed E-state index contributed by atoms with van der Waals surface area (Å²) in [5.74, 6) is 0.230. The van der Waals surface area contributed by atoms with Gasteiger partial charge in [-0.05, 0) is 19.8 Å². The van der Waals surface area contributed by atoms with E-state index >= 15 is 0 Å².